The number of carbonyl (C=O) groups excluding carboxylic acids is 1. The zero-order chi connectivity index (χ0) is 32.2. The molecule has 46 heavy (non-hydrogen) atoms. The lowest BCUT2D eigenvalue weighted by molar-refractivity contribution is 0.112. The molecule has 7 rings (SSSR count). The second kappa shape index (κ2) is 10.9. The van der Waals surface area contributed by atoms with E-state index in [9.17, 15) is 21.6 Å². The molecular weight excluding hydrogens is 621 g/mol. The van der Waals surface area contributed by atoms with Crippen LogP contribution in [0.5, 0.6) is 0 Å². The van der Waals surface area contributed by atoms with Gasteiger partial charge in [-0.3, -0.25) is 4.79 Å². The highest BCUT2D eigenvalue weighted by Crippen LogP contribution is 2.36. The molecule has 0 N–H and O–H groups in total. The first-order chi connectivity index (χ1) is 22.1. The summed E-state index contributed by atoms with van der Waals surface area (Å²) >= 11 is 0. The van der Waals surface area contributed by atoms with E-state index in [0.717, 1.165) is 32.5 Å². The third kappa shape index (κ3) is 4.90. The summed E-state index contributed by atoms with van der Waals surface area (Å²) in [7, 11) is -7.94. The van der Waals surface area contributed by atoms with Crippen molar-refractivity contribution in [2.75, 3.05) is 0 Å². The first kappa shape index (κ1) is 29.3. The van der Waals surface area contributed by atoms with Gasteiger partial charge in [0.2, 0.25) is 0 Å². The van der Waals surface area contributed by atoms with Crippen LogP contribution in [0.15, 0.2) is 126 Å². The summed E-state index contributed by atoms with van der Waals surface area (Å²) in [5.41, 5.74) is 5.52. The molecule has 0 saturated heterocycles. The normalized spacial score (nSPS) is 12.1. The van der Waals surface area contributed by atoms with Crippen molar-refractivity contribution in [1.82, 2.24) is 17.9 Å². The zero-order valence-corrected chi connectivity index (χ0v) is 26.3. The minimum Gasteiger partial charge on any atom is -0.298 e. The van der Waals surface area contributed by atoms with Gasteiger partial charge in [-0.15, -0.1) is 0 Å². The molecule has 0 atom stereocenters. The van der Waals surface area contributed by atoms with Crippen LogP contribution in [0.3, 0.4) is 0 Å². The van der Waals surface area contributed by atoms with Gasteiger partial charge in [-0.05, 0) is 61.9 Å². The van der Waals surface area contributed by atoms with E-state index in [1.165, 1.54) is 22.6 Å². The van der Waals surface area contributed by atoms with Crippen molar-refractivity contribution < 1.29 is 21.6 Å². The van der Waals surface area contributed by atoms with E-state index in [1.54, 1.807) is 91.1 Å². The van der Waals surface area contributed by atoms with Gasteiger partial charge < -0.3 is 0 Å². The largest absolute Gasteiger partial charge is 0.298 e. The van der Waals surface area contributed by atoms with E-state index in [2.05, 4.69) is 9.97 Å². The molecule has 0 fully saturated rings. The molecular formula is C35H26N4O5S2. The van der Waals surface area contributed by atoms with Crippen molar-refractivity contribution in [2.24, 2.45) is 0 Å². The topological polar surface area (TPSA) is 121 Å². The Hall–Kier alpha value is -5.39. The van der Waals surface area contributed by atoms with Gasteiger partial charge in [-0.25, -0.2) is 34.7 Å². The molecule has 0 aliphatic rings. The number of aryl methyl sites for hydroxylation is 2. The SMILES string of the molecule is Cc1ccc(S(=O)(=O)n2ccc3cc(-c4cn(S(=O)(=O)c5ccc(C)cc5)c5ncc(-c6ccc(C=O)cc6)cc45)cnc32)cc1. The van der Waals surface area contributed by atoms with Crippen molar-refractivity contribution in [3.05, 3.63) is 132 Å². The second-order valence-corrected chi connectivity index (χ2v) is 14.7. The average Bonchev–Trinajstić information content (AvgIpc) is 3.67. The Morgan fingerprint density at radius 3 is 1.78 bits per heavy atom. The number of nitrogens with zero attached hydrogens (tertiary/aromatic N) is 4. The summed E-state index contributed by atoms with van der Waals surface area (Å²) in [6, 6.07) is 25.5. The van der Waals surface area contributed by atoms with Crippen LogP contribution in [0.25, 0.3) is 44.3 Å². The molecule has 7 aromatic rings. The van der Waals surface area contributed by atoms with Gasteiger partial charge in [0.25, 0.3) is 20.0 Å². The number of fused-ring (bicyclic) bond motifs is 2. The van der Waals surface area contributed by atoms with Crippen molar-refractivity contribution in [1.29, 1.82) is 0 Å². The third-order valence-corrected chi connectivity index (χ3v) is 11.3. The van der Waals surface area contributed by atoms with E-state index in [4.69, 9.17) is 0 Å². The van der Waals surface area contributed by atoms with Crippen molar-refractivity contribution in [3.63, 3.8) is 0 Å². The number of pyridine rings is 2. The molecule has 11 heteroatoms. The lowest BCUT2D eigenvalue weighted by Crippen LogP contribution is -2.12. The highest BCUT2D eigenvalue weighted by Gasteiger charge is 2.25. The van der Waals surface area contributed by atoms with Gasteiger partial charge in [0.1, 0.15) is 6.29 Å². The number of aromatic nitrogens is 4. The van der Waals surface area contributed by atoms with Crippen LogP contribution in [0.1, 0.15) is 21.5 Å². The highest BCUT2D eigenvalue weighted by molar-refractivity contribution is 7.90. The molecule has 3 aromatic carbocycles. The predicted octanol–water partition coefficient (Wildman–Crippen LogP) is 6.62. The molecule has 0 amide bonds. The minimum absolute atomic E-state index is 0.115. The molecule has 0 aliphatic carbocycles. The summed E-state index contributed by atoms with van der Waals surface area (Å²) in [6.45, 7) is 3.77. The molecule has 9 nitrogen and oxygen atoms in total. The number of rotatable bonds is 7. The average molecular weight is 647 g/mol. The van der Waals surface area contributed by atoms with Crippen LogP contribution >= 0.6 is 0 Å². The van der Waals surface area contributed by atoms with Crippen LogP contribution < -0.4 is 0 Å². The lowest BCUT2D eigenvalue weighted by Gasteiger charge is -2.08. The number of hydrogen-bond acceptors (Lipinski definition) is 7. The lowest BCUT2D eigenvalue weighted by atomic mass is 10.0. The summed E-state index contributed by atoms with van der Waals surface area (Å²) < 4.78 is 57.1. The van der Waals surface area contributed by atoms with Crippen molar-refractivity contribution >= 4 is 48.4 Å². The molecule has 4 heterocycles. The molecule has 4 aromatic heterocycles. The maximum Gasteiger partial charge on any atom is 0.269 e. The Morgan fingerprint density at radius 1 is 0.609 bits per heavy atom. The number of benzene rings is 3. The molecule has 0 bridgehead atoms. The Kier molecular flexibility index (Phi) is 6.95. The van der Waals surface area contributed by atoms with Gasteiger partial charge in [0, 0.05) is 57.8 Å². The fourth-order valence-electron chi connectivity index (χ4n) is 5.39. The molecule has 0 spiro atoms. The summed E-state index contributed by atoms with van der Waals surface area (Å²) in [5, 5.41) is 1.12. The standard InChI is InChI=1S/C35H26N4O5S2/c1-23-3-11-30(12-4-23)45(41,42)38-16-15-27-17-29(20-36-34(27)38)33-21-39(46(43,44)31-13-5-24(2)6-14-31)35-32(33)18-28(19-37-35)26-9-7-25(22-40)8-10-26/h3-22H,1-2H3. The van der Waals surface area contributed by atoms with E-state index in [1.807, 2.05) is 19.9 Å². The van der Waals surface area contributed by atoms with E-state index in [-0.39, 0.29) is 21.1 Å². The smallest absolute Gasteiger partial charge is 0.269 e. The number of aldehydes is 1. The fourth-order valence-corrected chi connectivity index (χ4v) is 8.03. The van der Waals surface area contributed by atoms with E-state index >= 15 is 0 Å². The second-order valence-electron chi connectivity index (χ2n) is 11.1. The van der Waals surface area contributed by atoms with Gasteiger partial charge in [-0.2, -0.15) is 0 Å². The summed E-state index contributed by atoms with van der Waals surface area (Å²) in [4.78, 5) is 20.6. The van der Waals surface area contributed by atoms with Crippen molar-refractivity contribution in [2.45, 2.75) is 23.6 Å². The van der Waals surface area contributed by atoms with Gasteiger partial charge in [0.15, 0.2) is 11.3 Å². The van der Waals surface area contributed by atoms with Crippen LogP contribution in [0.2, 0.25) is 0 Å². The van der Waals surface area contributed by atoms with Crippen LogP contribution in [-0.4, -0.2) is 41.0 Å². The van der Waals surface area contributed by atoms with E-state index in [0.29, 0.717) is 27.5 Å². The minimum atomic E-state index is -4.04. The van der Waals surface area contributed by atoms with Gasteiger partial charge in [0.05, 0.1) is 9.79 Å². The van der Waals surface area contributed by atoms with Crippen LogP contribution in [0, 0.1) is 13.8 Å². The molecule has 0 unspecified atom stereocenters. The maximum atomic E-state index is 13.9. The summed E-state index contributed by atoms with van der Waals surface area (Å²) in [6.07, 6.45) is 6.88. The first-order valence-corrected chi connectivity index (χ1v) is 17.1. The highest BCUT2D eigenvalue weighted by atomic mass is 32.2. The molecule has 0 radical (unpaired) electrons. The maximum absolute atomic E-state index is 13.9. The molecule has 0 saturated carbocycles. The molecule has 0 aliphatic heterocycles. The van der Waals surface area contributed by atoms with Crippen LogP contribution in [0.4, 0.5) is 0 Å². The van der Waals surface area contributed by atoms with E-state index < -0.39 is 20.0 Å². The monoisotopic (exact) mass is 646 g/mol. The Morgan fingerprint density at radius 2 is 1.17 bits per heavy atom. The Labute approximate surface area is 265 Å². The van der Waals surface area contributed by atoms with Gasteiger partial charge in [-0.1, -0.05) is 59.7 Å². The zero-order valence-electron chi connectivity index (χ0n) is 24.7. The van der Waals surface area contributed by atoms with Crippen LogP contribution in [-0.2, 0) is 20.0 Å². The Balaban J connectivity index is 1.40. The quantitative estimate of drug-likeness (QED) is 0.178. The number of carbonyl (C=O) groups is 1. The fraction of sp³-hybridized carbons (Fsp3) is 0.0571. The first-order valence-electron chi connectivity index (χ1n) is 14.2. The van der Waals surface area contributed by atoms with Gasteiger partial charge >= 0.3 is 0 Å². The van der Waals surface area contributed by atoms with Crippen molar-refractivity contribution in [3.8, 4) is 22.3 Å². The molecule has 228 valence electrons. The Bertz CT molecular complexity index is 2520. The summed E-state index contributed by atoms with van der Waals surface area (Å²) in [5.74, 6) is 0. The predicted molar refractivity (Wildman–Crippen MR) is 177 cm³/mol. The third-order valence-electron chi connectivity index (χ3n) is 7.95. The number of hydrogen-bond donors (Lipinski definition) is 0.